The maximum Gasteiger partial charge on any atom is 0.144 e. The van der Waals surface area contributed by atoms with Crippen LogP contribution in [-0.4, -0.2) is 0 Å². The molecule has 1 aliphatic heterocycles. The number of ether oxygens (including phenoxy) is 1. The number of benzene rings is 10. The Morgan fingerprint density at radius 1 is 0.318 bits per heavy atom. The van der Waals surface area contributed by atoms with Crippen LogP contribution < -0.4 is 14.5 Å². The number of anilines is 6. The number of hydrogen-bond donors (Lipinski definition) is 0. The second kappa shape index (κ2) is 14.1. The first kappa shape index (κ1) is 36.7. The zero-order valence-corrected chi connectivity index (χ0v) is 35.6. The predicted octanol–water partition coefficient (Wildman–Crippen LogP) is 16.9. The third kappa shape index (κ3) is 5.16. The van der Waals surface area contributed by atoms with Gasteiger partial charge in [0.15, 0.2) is 0 Å². The molecule has 1 aliphatic carbocycles. The third-order valence-electron chi connectivity index (χ3n) is 13.7. The van der Waals surface area contributed by atoms with E-state index in [1.807, 2.05) is 12.1 Å². The Morgan fingerprint density at radius 2 is 0.848 bits per heavy atom. The largest absolute Gasteiger partial charge is 0.456 e. The normalized spacial score (nSPS) is 13.1. The molecule has 0 radical (unpaired) electrons. The van der Waals surface area contributed by atoms with Crippen LogP contribution in [0.1, 0.15) is 22.3 Å². The van der Waals surface area contributed by atoms with Gasteiger partial charge in [-0.3, -0.25) is 0 Å². The quantitative estimate of drug-likeness (QED) is 0.167. The van der Waals surface area contributed by atoms with Crippen molar-refractivity contribution in [3.05, 3.63) is 253 Å². The van der Waals surface area contributed by atoms with Crippen LogP contribution in [0.5, 0.6) is 11.5 Å². The van der Waals surface area contributed by atoms with E-state index in [1.54, 1.807) is 0 Å². The van der Waals surface area contributed by atoms with E-state index in [0.29, 0.717) is 0 Å². The van der Waals surface area contributed by atoms with Gasteiger partial charge in [-0.15, -0.1) is 0 Å². The Bertz CT molecular complexity index is 3790. The molecule has 2 aliphatic rings. The van der Waals surface area contributed by atoms with Crippen molar-refractivity contribution in [1.82, 2.24) is 0 Å². The Morgan fingerprint density at radius 3 is 1.56 bits per heavy atom. The lowest BCUT2D eigenvalue weighted by molar-refractivity contribution is 0.441. The minimum atomic E-state index is -0.746. The molecule has 1 spiro atoms. The summed E-state index contributed by atoms with van der Waals surface area (Å²) >= 11 is 0. The van der Waals surface area contributed by atoms with Gasteiger partial charge in [0.05, 0.1) is 21.9 Å². The fourth-order valence-corrected chi connectivity index (χ4v) is 11.0. The predicted molar refractivity (Wildman–Crippen MR) is 268 cm³/mol. The molecule has 5 nitrogen and oxygen atoms in total. The molecule has 66 heavy (non-hydrogen) atoms. The maximum absolute atomic E-state index is 7.45. The monoisotopic (exact) mass is 846 g/mol. The van der Waals surface area contributed by atoms with Gasteiger partial charge in [-0.25, -0.2) is 0 Å². The third-order valence-corrected chi connectivity index (χ3v) is 13.7. The van der Waals surface area contributed by atoms with Crippen LogP contribution in [0.4, 0.5) is 34.1 Å². The summed E-state index contributed by atoms with van der Waals surface area (Å²) in [5.74, 6) is 1.59. The Labute approximate surface area is 380 Å². The summed E-state index contributed by atoms with van der Waals surface area (Å²) in [5, 5.41) is 4.10. The van der Waals surface area contributed by atoms with Gasteiger partial charge >= 0.3 is 0 Å². The van der Waals surface area contributed by atoms with Gasteiger partial charge in [-0.05, 0) is 125 Å². The summed E-state index contributed by atoms with van der Waals surface area (Å²) in [6.45, 7) is 0. The van der Waals surface area contributed by atoms with Gasteiger partial charge < -0.3 is 23.4 Å². The minimum Gasteiger partial charge on any atom is -0.456 e. The zero-order chi connectivity index (χ0) is 43.3. The summed E-state index contributed by atoms with van der Waals surface area (Å²) in [7, 11) is 0. The van der Waals surface area contributed by atoms with Crippen LogP contribution in [0, 0.1) is 0 Å². The molecule has 0 fully saturated rings. The molecule has 14 rings (SSSR count). The summed E-state index contributed by atoms with van der Waals surface area (Å²) in [5.41, 5.74) is 15.7. The number of fused-ring (bicyclic) bond motifs is 16. The average molecular weight is 847 g/mol. The van der Waals surface area contributed by atoms with Crippen LogP contribution in [0.25, 0.3) is 55.0 Å². The Balaban J connectivity index is 1.05. The Hall–Kier alpha value is -8.80. The number of nitrogens with zero attached hydrogens (tertiary/aromatic N) is 2. The smallest absolute Gasteiger partial charge is 0.144 e. The highest BCUT2D eigenvalue weighted by Gasteiger charge is 2.52. The van der Waals surface area contributed by atoms with Gasteiger partial charge in [0.2, 0.25) is 0 Å². The molecule has 0 unspecified atom stereocenters. The SMILES string of the molecule is c1ccc(N(c2ccc3c(c2)C2(c4ccccc4-c4ccccc42)c2ccc4oc5cccc(N(c6ccccc6)c6ccccc6)c5c4c2O3)c2ccc3oc4ccccc4c3c2)cc1. The van der Waals surface area contributed by atoms with Crippen molar-refractivity contribution in [1.29, 1.82) is 0 Å². The molecule has 0 bridgehead atoms. The van der Waals surface area contributed by atoms with E-state index in [1.165, 1.54) is 22.3 Å². The molecule has 0 saturated heterocycles. The summed E-state index contributed by atoms with van der Waals surface area (Å²) in [6.07, 6.45) is 0. The second-order valence-electron chi connectivity index (χ2n) is 17.1. The van der Waals surface area contributed by atoms with Crippen molar-refractivity contribution in [3.63, 3.8) is 0 Å². The van der Waals surface area contributed by atoms with E-state index >= 15 is 0 Å². The molecule has 12 aromatic rings. The minimum absolute atomic E-state index is 0.746. The fraction of sp³-hybridized carbons (Fsp3) is 0.0164. The van der Waals surface area contributed by atoms with Gasteiger partial charge in [0, 0.05) is 50.3 Å². The highest BCUT2D eigenvalue weighted by Crippen LogP contribution is 2.64. The molecule has 10 aromatic carbocycles. The first-order valence-electron chi connectivity index (χ1n) is 22.4. The average Bonchev–Trinajstić information content (AvgIpc) is 4.05. The molecule has 310 valence electrons. The lowest BCUT2D eigenvalue weighted by atomic mass is 9.65. The van der Waals surface area contributed by atoms with Crippen molar-refractivity contribution in [2.75, 3.05) is 9.80 Å². The van der Waals surface area contributed by atoms with Crippen molar-refractivity contribution in [3.8, 4) is 22.6 Å². The molecular weight excluding hydrogens is 809 g/mol. The highest BCUT2D eigenvalue weighted by molar-refractivity contribution is 6.17. The molecular formula is C61H38N2O3. The number of hydrogen-bond acceptors (Lipinski definition) is 5. The molecule has 0 atom stereocenters. The van der Waals surface area contributed by atoms with E-state index in [9.17, 15) is 0 Å². The van der Waals surface area contributed by atoms with Crippen LogP contribution in [-0.2, 0) is 5.41 Å². The summed E-state index contributed by atoms with van der Waals surface area (Å²) < 4.78 is 20.6. The van der Waals surface area contributed by atoms with Gasteiger partial charge in [-0.1, -0.05) is 127 Å². The fourth-order valence-electron chi connectivity index (χ4n) is 11.0. The molecule has 2 aromatic heterocycles. The maximum atomic E-state index is 7.45. The van der Waals surface area contributed by atoms with E-state index in [-0.39, 0.29) is 0 Å². The van der Waals surface area contributed by atoms with Crippen molar-refractivity contribution in [2.45, 2.75) is 5.41 Å². The molecule has 3 heterocycles. The first-order chi connectivity index (χ1) is 32.7. The van der Waals surface area contributed by atoms with Crippen molar-refractivity contribution < 1.29 is 13.6 Å². The number of furan rings is 2. The second-order valence-corrected chi connectivity index (χ2v) is 17.1. The van der Waals surface area contributed by atoms with Crippen LogP contribution in [0.3, 0.4) is 0 Å². The van der Waals surface area contributed by atoms with Gasteiger partial charge in [-0.2, -0.15) is 0 Å². The van der Waals surface area contributed by atoms with E-state index in [2.05, 4.69) is 228 Å². The summed E-state index contributed by atoms with van der Waals surface area (Å²) in [4.78, 5) is 4.66. The zero-order valence-electron chi connectivity index (χ0n) is 35.6. The molecule has 0 amide bonds. The highest BCUT2D eigenvalue weighted by atomic mass is 16.5. The van der Waals surface area contributed by atoms with Crippen LogP contribution >= 0.6 is 0 Å². The number of para-hydroxylation sites is 4. The van der Waals surface area contributed by atoms with Gasteiger partial charge in [0.1, 0.15) is 33.8 Å². The lowest BCUT2D eigenvalue weighted by Crippen LogP contribution is -2.32. The van der Waals surface area contributed by atoms with Crippen molar-refractivity contribution in [2.24, 2.45) is 0 Å². The lowest BCUT2D eigenvalue weighted by Gasteiger charge is -2.40. The van der Waals surface area contributed by atoms with E-state index in [4.69, 9.17) is 13.6 Å². The van der Waals surface area contributed by atoms with Crippen molar-refractivity contribution >= 4 is 78.0 Å². The first-order valence-corrected chi connectivity index (χ1v) is 22.4. The van der Waals surface area contributed by atoms with E-state index in [0.717, 1.165) is 101 Å². The van der Waals surface area contributed by atoms with Gasteiger partial charge in [0.25, 0.3) is 0 Å². The topological polar surface area (TPSA) is 42.0 Å². The van der Waals surface area contributed by atoms with E-state index < -0.39 is 5.41 Å². The van der Waals surface area contributed by atoms with Crippen LogP contribution in [0.15, 0.2) is 239 Å². The standard InChI is InChI=1S/C61H38N2O3/c1-4-17-39(18-5-1)62(42-31-34-54-47(37-42)46-25-12-15-29-53(46)64-54)43-32-35-55-51(38-43)61(48-26-13-10-23-44(48)45-24-11-14-27-49(45)61)50-33-36-57-59(60(50)66-55)58-52(28-16-30-56(58)65-57)63(40-19-6-2-7-20-40)41-21-8-3-9-22-41/h1-38H. The summed E-state index contributed by atoms with van der Waals surface area (Å²) in [6, 6.07) is 81.7. The molecule has 0 saturated carbocycles. The molecule has 0 N–H and O–H groups in total. The molecule has 5 heteroatoms. The van der Waals surface area contributed by atoms with Crippen LogP contribution in [0.2, 0.25) is 0 Å². The number of rotatable bonds is 6. The Kier molecular flexibility index (Phi) is 7.83.